The van der Waals surface area contributed by atoms with Gasteiger partial charge in [0.05, 0.1) is 12.0 Å². The molecule has 11 heteroatoms. The lowest BCUT2D eigenvalue weighted by Gasteiger charge is -2.27. The van der Waals surface area contributed by atoms with E-state index in [1.165, 1.54) is 0 Å². The maximum absolute atomic E-state index is 12.5. The number of rotatable bonds is 12. The molecular weight excluding hydrogens is 490 g/mol. The molecule has 1 aromatic carbocycles. The van der Waals surface area contributed by atoms with Gasteiger partial charge in [-0.2, -0.15) is 0 Å². The number of amides is 4. The predicted molar refractivity (Wildman–Crippen MR) is 146 cm³/mol. The molecule has 0 aliphatic carbocycles. The second-order valence-corrected chi connectivity index (χ2v) is 11.4. The van der Waals surface area contributed by atoms with Crippen LogP contribution in [0.15, 0.2) is 24.3 Å². The zero-order valence-corrected chi connectivity index (χ0v) is 23.7. The smallest absolute Gasteiger partial charge is 0.407 e. The van der Waals surface area contributed by atoms with Crippen LogP contribution in [0.5, 0.6) is 0 Å². The van der Waals surface area contributed by atoms with Crippen LogP contribution in [0.3, 0.4) is 0 Å². The highest BCUT2D eigenvalue weighted by molar-refractivity contribution is 5.94. The molecular formula is C27H45N5O6. The van der Waals surface area contributed by atoms with E-state index in [-0.39, 0.29) is 11.9 Å². The summed E-state index contributed by atoms with van der Waals surface area (Å²) in [5, 5.41) is 8.10. The number of hydrogen-bond acceptors (Lipinski definition) is 7. The van der Waals surface area contributed by atoms with Gasteiger partial charge in [0.15, 0.2) is 0 Å². The first kappa shape index (κ1) is 32.7. The van der Waals surface area contributed by atoms with Crippen LogP contribution in [-0.2, 0) is 25.5 Å². The van der Waals surface area contributed by atoms with Crippen molar-refractivity contribution in [2.45, 2.75) is 97.4 Å². The molecule has 3 atom stereocenters. The molecule has 0 fully saturated rings. The van der Waals surface area contributed by atoms with Gasteiger partial charge in [-0.1, -0.05) is 19.1 Å². The Morgan fingerprint density at radius 2 is 1.53 bits per heavy atom. The Bertz CT molecular complexity index is 937. The number of primary amides is 1. The fourth-order valence-electron chi connectivity index (χ4n) is 3.50. The number of anilines is 1. The maximum atomic E-state index is 12.5. The number of hydrogen-bond donors (Lipinski definition) is 5. The monoisotopic (exact) mass is 535 g/mol. The summed E-state index contributed by atoms with van der Waals surface area (Å²) in [6.07, 6.45) is 1.13. The molecule has 0 aromatic heterocycles. The second-order valence-electron chi connectivity index (χ2n) is 11.4. The van der Waals surface area contributed by atoms with E-state index in [0.29, 0.717) is 37.9 Å². The first-order valence-corrected chi connectivity index (χ1v) is 12.9. The van der Waals surface area contributed by atoms with Gasteiger partial charge in [0.2, 0.25) is 5.91 Å². The lowest BCUT2D eigenvalue weighted by Crippen LogP contribution is -2.42. The number of carbonyl (C=O) groups is 4. The number of urea groups is 1. The average Bonchev–Trinajstić information content (AvgIpc) is 2.75. The van der Waals surface area contributed by atoms with Gasteiger partial charge in [-0.3, -0.25) is 9.59 Å². The third kappa shape index (κ3) is 14.4. The number of esters is 1. The predicted octanol–water partition coefficient (Wildman–Crippen LogP) is 3.20. The van der Waals surface area contributed by atoms with Gasteiger partial charge in [0.1, 0.15) is 11.2 Å². The van der Waals surface area contributed by atoms with Crippen LogP contribution >= 0.6 is 0 Å². The number of benzene rings is 1. The summed E-state index contributed by atoms with van der Waals surface area (Å²) in [5.41, 5.74) is 11.1. The van der Waals surface area contributed by atoms with Crippen molar-refractivity contribution in [3.05, 3.63) is 29.8 Å². The minimum absolute atomic E-state index is 0.340. The average molecular weight is 536 g/mol. The first-order valence-electron chi connectivity index (χ1n) is 12.9. The van der Waals surface area contributed by atoms with Crippen LogP contribution in [0, 0.1) is 5.92 Å². The molecule has 1 rings (SSSR count). The lowest BCUT2D eigenvalue weighted by atomic mass is 9.96. The molecule has 7 N–H and O–H groups in total. The summed E-state index contributed by atoms with van der Waals surface area (Å²) in [6.45, 7) is 12.9. The van der Waals surface area contributed by atoms with Crippen LogP contribution in [0.4, 0.5) is 15.3 Å². The normalized spacial score (nSPS) is 14.0. The lowest BCUT2D eigenvalue weighted by molar-refractivity contribution is -0.159. The SMILES string of the molecule is CC(C[C@H](Cc1ccc(NC(=O)[C@@H](N)CCCNC(N)=O)cc1)NC(=O)OC(C)(C)C)C(=O)OC(C)(C)C. The van der Waals surface area contributed by atoms with Crippen molar-refractivity contribution in [1.82, 2.24) is 10.6 Å². The highest BCUT2D eigenvalue weighted by atomic mass is 16.6. The van der Waals surface area contributed by atoms with Crippen molar-refractivity contribution in [2.75, 3.05) is 11.9 Å². The van der Waals surface area contributed by atoms with Crippen LogP contribution < -0.4 is 27.4 Å². The van der Waals surface area contributed by atoms with E-state index in [1.807, 2.05) is 32.9 Å². The van der Waals surface area contributed by atoms with Gasteiger partial charge in [0, 0.05) is 18.3 Å². The highest BCUT2D eigenvalue weighted by Crippen LogP contribution is 2.19. The molecule has 0 radical (unpaired) electrons. The standard InChI is InChI=1S/C27H45N5O6/c1-17(23(34)37-26(2,3)4)15-20(32-25(36)38-27(5,6)7)16-18-10-12-19(13-11-18)31-22(33)21(28)9-8-14-30-24(29)35/h10-13,17,20-21H,8-9,14-16,28H2,1-7H3,(H,31,33)(H,32,36)(H3,29,30,35)/t17?,20-,21+/m1/s1. The largest absolute Gasteiger partial charge is 0.460 e. The van der Waals surface area contributed by atoms with Gasteiger partial charge >= 0.3 is 18.1 Å². The Kier molecular flexibility index (Phi) is 12.5. The number of nitrogens with two attached hydrogens (primary N) is 2. The molecule has 0 saturated carbocycles. The minimum Gasteiger partial charge on any atom is -0.460 e. The van der Waals surface area contributed by atoms with Gasteiger partial charge in [-0.15, -0.1) is 0 Å². The summed E-state index contributed by atoms with van der Waals surface area (Å²) >= 11 is 0. The first-order chi connectivity index (χ1) is 17.4. The van der Waals surface area contributed by atoms with Crippen molar-refractivity contribution in [3.63, 3.8) is 0 Å². The zero-order chi connectivity index (χ0) is 29.1. The molecule has 0 aliphatic heterocycles. The second kappa shape index (κ2) is 14.6. The van der Waals surface area contributed by atoms with Gasteiger partial charge in [-0.05, 0) is 84.9 Å². The topological polar surface area (TPSA) is 175 Å². The van der Waals surface area contributed by atoms with E-state index in [2.05, 4.69) is 16.0 Å². The quantitative estimate of drug-likeness (QED) is 0.202. The van der Waals surface area contributed by atoms with E-state index < -0.39 is 41.3 Å². The number of carbonyl (C=O) groups excluding carboxylic acids is 4. The molecule has 1 aromatic rings. The Morgan fingerprint density at radius 3 is 2.05 bits per heavy atom. The highest BCUT2D eigenvalue weighted by Gasteiger charge is 2.27. The zero-order valence-electron chi connectivity index (χ0n) is 23.7. The van der Waals surface area contributed by atoms with Crippen LogP contribution in [-0.4, -0.2) is 53.8 Å². The van der Waals surface area contributed by atoms with E-state index in [0.717, 1.165) is 5.56 Å². The summed E-state index contributed by atoms with van der Waals surface area (Å²) in [7, 11) is 0. The molecule has 38 heavy (non-hydrogen) atoms. The van der Waals surface area contributed by atoms with Crippen molar-refractivity contribution in [1.29, 1.82) is 0 Å². The maximum Gasteiger partial charge on any atom is 0.407 e. The molecule has 0 saturated heterocycles. The molecule has 1 unspecified atom stereocenters. The number of ether oxygens (including phenoxy) is 2. The molecule has 214 valence electrons. The van der Waals surface area contributed by atoms with Crippen molar-refractivity contribution >= 4 is 29.7 Å². The molecule has 11 nitrogen and oxygen atoms in total. The molecule has 0 heterocycles. The van der Waals surface area contributed by atoms with E-state index in [4.69, 9.17) is 20.9 Å². The Labute approximate surface area is 225 Å². The van der Waals surface area contributed by atoms with Crippen molar-refractivity contribution in [3.8, 4) is 0 Å². The van der Waals surface area contributed by atoms with Gasteiger partial charge in [-0.25, -0.2) is 9.59 Å². The van der Waals surface area contributed by atoms with Crippen LogP contribution in [0.1, 0.15) is 73.3 Å². The van der Waals surface area contributed by atoms with Gasteiger partial charge in [0.25, 0.3) is 0 Å². The summed E-state index contributed by atoms with van der Waals surface area (Å²) in [6, 6.07) is 5.41. The van der Waals surface area contributed by atoms with E-state index >= 15 is 0 Å². The van der Waals surface area contributed by atoms with Crippen molar-refractivity contribution < 1.29 is 28.7 Å². The van der Waals surface area contributed by atoms with Crippen molar-refractivity contribution in [2.24, 2.45) is 17.4 Å². The van der Waals surface area contributed by atoms with Crippen LogP contribution in [0.2, 0.25) is 0 Å². The minimum atomic E-state index is -0.735. The Hall–Kier alpha value is -3.34. The Morgan fingerprint density at radius 1 is 0.947 bits per heavy atom. The summed E-state index contributed by atoms with van der Waals surface area (Å²) < 4.78 is 10.9. The fourth-order valence-corrected chi connectivity index (χ4v) is 3.50. The molecule has 0 bridgehead atoms. The van der Waals surface area contributed by atoms with E-state index in [1.54, 1.807) is 39.8 Å². The third-order valence-electron chi connectivity index (χ3n) is 5.20. The third-order valence-corrected chi connectivity index (χ3v) is 5.20. The molecule has 0 spiro atoms. The molecule has 4 amide bonds. The fraction of sp³-hybridized carbons (Fsp3) is 0.630. The summed E-state index contributed by atoms with van der Waals surface area (Å²) in [4.78, 5) is 48.1. The van der Waals surface area contributed by atoms with E-state index in [9.17, 15) is 19.2 Å². The molecule has 0 aliphatic rings. The van der Waals surface area contributed by atoms with Gasteiger partial charge < -0.3 is 36.9 Å². The Balaban J connectivity index is 2.81. The summed E-state index contributed by atoms with van der Waals surface area (Å²) in [5.74, 6) is -1.13. The number of alkyl carbamates (subject to hydrolysis) is 1. The number of nitrogens with one attached hydrogen (secondary N) is 3. The van der Waals surface area contributed by atoms with Crippen LogP contribution in [0.25, 0.3) is 0 Å².